The summed E-state index contributed by atoms with van der Waals surface area (Å²) in [6.07, 6.45) is 0.248. The molecule has 0 saturated heterocycles. The number of rotatable bonds is 8. The van der Waals surface area contributed by atoms with Crippen molar-refractivity contribution in [2.45, 2.75) is 18.2 Å². The predicted octanol–water partition coefficient (Wildman–Crippen LogP) is 1.28. The number of hydrogen-bond donors (Lipinski definition) is 3. The van der Waals surface area contributed by atoms with Gasteiger partial charge in [-0.15, -0.1) is 0 Å². The Morgan fingerprint density at radius 2 is 1.58 bits per heavy atom. The van der Waals surface area contributed by atoms with E-state index in [4.69, 9.17) is 0 Å². The average molecular weight is 375 g/mol. The Kier molecular flexibility index (Phi) is 6.88. The molecule has 0 unspecified atom stereocenters. The molecule has 0 radical (unpaired) electrons. The van der Waals surface area contributed by atoms with Gasteiger partial charge in [0.05, 0.1) is 11.3 Å². The van der Waals surface area contributed by atoms with E-state index in [0.717, 1.165) is 5.56 Å². The molecule has 2 rings (SSSR count). The molecule has 0 fully saturated rings. The van der Waals surface area contributed by atoms with Crippen LogP contribution in [0.2, 0.25) is 0 Å². The van der Waals surface area contributed by atoms with Gasteiger partial charge in [0.1, 0.15) is 0 Å². The molecule has 0 aromatic heterocycles. The van der Waals surface area contributed by atoms with Gasteiger partial charge in [0.25, 0.3) is 0 Å². The summed E-state index contributed by atoms with van der Waals surface area (Å²) in [5.74, 6) is -0.403. The monoisotopic (exact) mass is 375 g/mol. The van der Waals surface area contributed by atoms with Crippen molar-refractivity contribution in [1.82, 2.24) is 10.0 Å². The molecular weight excluding hydrogens is 354 g/mol. The maximum Gasteiger partial charge on any atom is 0.240 e. The number of amides is 2. The van der Waals surface area contributed by atoms with Crippen LogP contribution in [0.1, 0.15) is 12.5 Å². The van der Waals surface area contributed by atoms with Gasteiger partial charge in [0, 0.05) is 25.7 Å². The van der Waals surface area contributed by atoms with Gasteiger partial charge in [-0.05, 0) is 29.8 Å². The van der Waals surface area contributed by atoms with E-state index in [2.05, 4.69) is 15.4 Å². The molecule has 2 aromatic rings. The third-order valence-corrected chi connectivity index (χ3v) is 4.91. The number of hydrogen-bond acceptors (Lipinski definition) is 4. The number of benzene rings is 2. The molecule has 0 bridgehead atoms. The van der Waals surface area contributed by atoms with E-state index < -0.39 is 10.0 Å². The Balaban J connectivity index is 1.79. The van der Waals surface area contributed by atoms with E-state index in [1.807, 2.05) is 30.3 Å². The Bertz CT molecular complexity index is 850. The van der Waals surface area contributed by atoms with Crippen LogP contribution < -0.4 is 15.4 Å². The maximum atomic E-state index is 12.2. The number of nitrogens with one attached hydrogen (secondary N) is 3. The van der Waals surface area contributed by atoms with E-state index in [1.54, 1.807) is 0 Å². The highest BCUT2D eigenvalue weighted by Crippen LogP contribution is 2.13. The van der Waals surface area contributed by atoms with Gasteiger partial charge in [0.2, 0.25) is 21.8 Å². The lowest BCUT2D eigenvalue weighted by atomic mass is 10.1. The molecular formula is C18H21N3O4S. The Morgan fingerprint density at radius 3 is 2.19 bits per heavy atom. The number of carbonyl (C=O) groups excluding carboxylic acids is 2. The van der Waals surface area contributed by atoms with Crippen molar-refractivity contribution in [3.63, 3.8) is 0 Å². The summed E-state index contributed by atoms with van der Waals surface area (Å²) in [5.41, 5.74) is 1.41. The van der Waals surface area contributed by atoms with Gasteiger partial charge in [-0.1, -0.05) is 30.3 Å². The molecule has 0 aliphatic heterocycles. The first-order valence-electron chi connectivity index (χ1n) is 8.05. The van der Waals surface area contributed by atoms with Gasteiger partial charge in [0.15, 0.2) is 0 Å². The first kappa shape index (κ1) is 19.6. The second kappa shape index (κ2) is 9.12. The third kappa shape index (κ3) is 6.30. The van der Waals surface area contributed by atoms with Crippen LogP contribution in [0.5, 0.6) is 0 Å². The van der Waals surface area contributed by atoms with E-state index in [1.165, 1.54) is 31.2 Å². The van der Waals surface area contributed by atoms with E-state index >= 15 is 0 Å². The van der Waals surface area contributed by atoms with E-state index in [9.17, 15) is 18.0 Å². The molecule has 7 nitrogen and oxygen atoms in total. The van der Waals surface area contributed by atoms with Crippen molar-refractivity contribution >= 4 is 27.5 Å². The lowest BCUT2D eigenvalue weighted by Crippen LogP contribution is -2.35. The lowest BCUT2D eigenvalue weighted by molar-refractivity contribution is -0.120. The molecule has 0 atom stereocenters. The lowest BCUT2D eigenvalue weighted by Gasteiger charge is -2.09. The van der Waals surface area contributed by atoms with Gasteiger partial charge in [-0.2, -0.15) is 0 Å². The minimum absolute atomic E-state index is 0.0797. The quantitative estimate of drug-likeness (QED) is 0.605. The van der Waals surface area contributed by atoms with Crippen molar-refractivity contribution in [3.8, 4) is 0 Å². The fourth-order valence-corrected chi connectivity index (χ4v) is 3.27. The van der Waals surface area contributed by atoms with Crippen LogP contribution in [0.3, 0.4) is 0 Å². The Labute approximate surface area is 152 Å². The summed E-state index contributed by atoms with van der Waals surface area (Å²) >= 11 is 0. The van der Waals surface area contributed by atoms with Crippen molar-refractivity contribution in [2.75, 3.05) is 18.4 Å². The molecule has 2 aromatic carbocycles. The molecule has 0 heterocycles. The van der Waals surface area contributed by atoms with Gasteiger partial charge >= 0.3 is 0 Å². The van der Waals surface area contributed by atoms with Crippen LogP contribution in [-0.2, 0) is 26.0 Å². The number of anilines is 1. The fourth-order valence-electron chi connectivity index (χ4n) is 2.24. The molecule has 2 amide bonds. The van der Waals surface area contributed by atoms with Crippen LogP contribution in [0.4, 0.5) is 5.69 Å². The summed E-state index contributed by atoms with van der Waals surface area (Å²) in [5, 5.41) is 5.24. The van der Waals surface area contributed by atoms with Gasteiger partial charge in [-0.3, -0.25) is 9.59 Å². The largest absolute Gasteiger partial charge is 0.355 e. The highest BCUT2D eigenvalue weighted by Gasteiger charge is 2.13. The third-order valence-electron chi connectivity index (χ3n) is 3.43. The molecule has 0 aliphatic carbocycles. The summed E-state index contributed by atoms with van der Waals surface area (Å²) in [7, 11) is -3.68. The highest BCUT2D eigenvalue weighted by molar-refractivity contribution is 7.89. The zero-order valence-electron chi connectivity index (χ0n) is 14.4. The Morgan fingerprint density at radius 1 is 0.923 bits per heavy atom. The van der Waals surface area contributed by atoms with Crippen LogP contribution in [0, 0.1) is 0 Å². The van der Waals surface area contributed by atoms with Gasteiger partial charge < -0.3 is 10.6 Å². The topological polar surface area (TPSA) is 104 Å². The highest BCUT2D eigenvalue weighted by atomic mass is 32.2. The van der Waals surface area contributed by atoms with Crippen LogP contribution in [-0.4, -0.2) is 33.3 Å². The summed E-state index contributed by atoms with van der Waals surface area (Å²) in [4.78, 5) is 22.9. The molecule has 138 valence electrons. The minimum atomic E-state index is -3.68. The van der Waals surface area contributed by atoms with Crippen molar-refractivity contribution in [3.05, 3.63) is 60.2 Å². The number of carbonyl (C=O) groups is 2. The second-order valence-electron chi connectivity index (χ2n) is 5.62. The minimum Gasteiger partial charge on any atom is -0.355 e. The standard InChI is InChI=1S/C18H21N3O4S/c1-14(22)21-16-7-9-17(10-8-16)26(24,25)20-12-11-19-18(23)13-15-5-3-2-4-6-15/h2-10,20H,11-13H2,1H3,(H,19,23)(H,21,22). The summed E-state index contributed by atoms with van der Waals surface area (Å²) in [6.45, 7) is 1.64. The number of sulfonamides is 1. The molecule has 0 spiro atoms. The maximum absolute atomic E-state index is 12.2. The molecule has 3 N–H and O–H groups in total. The summed E-state index contributed by atoms with van der Waals surface area (Å²) < 4.78 is 26.8. The zero-order valence-corrected chi connectivity index (χ0v) is 15.2. The molecule has 0 aliphatic rings. The van der Waals surface area contributed by atoms with E-state index in [-0.39, 0.29) is 36.2 Å². The SMILES string of the molecule is CC(=O)Nc1ccc(S(=O)(=O)NCCNC(=O)Cc2ccccc2)cc1. The predicted molar refractivity (Wildman–Crippen MR) is 99.1 cm³/mol. The van der Waals surface area contributed by atoms with Gasteiger partial charge in [-0.25, -0.2) is 13.1 Å². The van der Waals surface area contributed by atoms with Crippen LogP contribution in [0.15, 0.2) is 59.5 Å². The average Bonchev–Trinajstić information content (AvgIpc) is 2.60. The molecule has 8 heteroatoms. The van der Waals surface area contributed by atoms with Crippen molar-refractivity contribution in [2.24, 2.45) is 0 Å². The normalized spacial score (nSPS) is 11.0. The Hall–Kier alpha value is -2.71. The molecule has 26 heavy (non-hydrogen) atoms. The van der Waals surface area contributed by atoms with Crippen molar-refractivity contribution < 1.29 is 18.0 Å². The van der Waals surface area contributed by atoms with Crippen molar-refractivity contribution in [1.29, 1.82) is 0 Å². The van der Waals surface area contributed by atoms with Crippen LogP contribution in [0.25, 0.3) is 0 Å². The smallest absolute Gasteiger partial charge is 0.240 e. The summed E-state index contributed by atoms with van der Waals surface area (Å²) in [6, 6.07) is 15.1. The van der Waals surface area contributed by atoms with E-state index in [0.29, 0.717) is 5.69 Å². The first-order valence-corrected chi connectivity index (χ1v) is 9.53. The fraction of sp³-hybridized carbons (Fsp3) is 0.222. The molecule has 0 saturated carbocycles. The first-order chi connectivity index (χ1) is 12.4. The zero-order chi connectivity index (χ0) is 19.0. The van der Waals surface area contributed by atoms with Crippen LogP contribution >= 0.6 is 0 Å². The second-order valence-corrected chi connectivity index (χ2v) is 7.38.